The summed E-state index contributed by atoms with van der Waals surface area (Å²) in [6.45, 7) is 0. The minimum atomic E-state index is 1.03. The summed E-state index contributed by atoms with van der Waals surface area (Å²) in [6.07, 6.45) is 15.7. The molecule has 0 saturated carbocycles. The monoisotopic (exact) mass is 500 g/mol. The highest BCUT2D eigenvalue weighted by atomic mass is 15.0. The van der Waals surface area contributed by atoms with Gasteiger partial charge in [-0.25, -0.2) is 0 Å². The Morgan fingerprint density at radius 2 is 1.36 bits per heavy atom. The molecule has 2 aliphatic carbocycles. The van der Waals surface area contributed by atoms with E-state index in [1.54, 1.807) is 0 Å². The highest BCUT2D eigenvalue weighted by Gasteiger charge is 2.22. The van der Waals surface area contributed by atoms with Crippen LogP contribution in [-0.4, -0.2) is 9.13 Å². The molecule has 3 heterocycles. The van der Waals surface area contributed by atoms with Gasteiger partial charge in [0.05, 0.1) is 16.6 Å². The highest BCUT2D eigenvalue weighted by molar-refractivity contribution is 6.20. The Kier molecular flexibility index (Phi) is 4.28. The normalized spacial score (nSPS) is 15.2. The number of hydrogen-bond donors (Lipinski definition) is 0. The Morgan fingerprint density at radius 3 is 2.26 bits per heavy atom. The molecule has 0 bridgehead atoms. The van der Waals surface area contributed by atoms with Crippen LogP contribution in [0, 0.1) is 0 Å². The Bertz CT molecular complexity index is 2210. The Morgan fingerprint density at radius 1 is 0.590 bits per heavy atom. The van der Waals surface area contributed by atoms with Crippen molar-refractivity contribution in [3.8, 4) is 5.69 Å². The van der Waals surface area contributed by atoms with Gasteiger partial charge in [0, 0.05) is 38.8 Å². The van der Waals surface area contributed by atoms with E-state index < -0.39 is 0 Å². The fraction of sp³-hybridized carbons (Fsp3) is 0.111. The van der Waals surface area contributed by atoms with Crippen molar-refractivity contribution in [2.24, 2.45) is 0 Å². The molecule has 0 saturated heterocycles. The standard InChI is InChI=1S/C36H26N3/c1-3-11-23(12-4-1)38-33-18-10-8-16-26(33)29-20-35-30(21-34(29)38)28-19-27-25-15-7-9-17-31(25)37-32(27)22-36(28)39(35)24-13-5-2-6-14-24/h1-5,7-9,11-13,15-17,19-22H,6,10,14,18H2/q-1. The summed E-state index contributed by atoms with van der Waals surface area (Å²) < 4.78 is 5.00. The molecule has 0 fully saturated rings. The maximum Gasteiger partial charge on any atom is 0.0545 e. The van der Waals surface area contributed by atoms with Crippen molar-refractivity contribution in [1.29, 1.82) is 0 Å². The molecule has 7 aromatic rings. The van der Waals surface area contributed by atoms with Crippen LogP contribution < -0.4 is 4.98 Å². The van der Waals surface area contributed by atoms with Gasteiger partial charge < -0.3 is 14.1 Å². The fourth-order valence-corrected chi connectivity index (χ4v) is 6.96. The van der Waals surface area contributed by atoms with Crippen LogP contribution in [0.5, 0.6) is 0 Å². The molecule has 9 rings (SSSR count). The molecule has 186 valence electrons. The predicted molar refractivity (Wildman–Crippen MR) is 165 cm³/mol. The van der Waals surface area contributed by atoms with Crippen LogP contribution >= 0.6 is 0 Å². The van der Waals surface area contributed by atoms with Crippen LogP contribution in [0.4, 0.5) is 0 Å². The van der Waals surface area contributed by atoms with Gasteiger partial charge in [-0.05, 0) is 72.9 Å². The van der Waals surface area contributed by atoms with Crippen molar-refractivity contribution in [2.45, 2.75) is 25.7 Å². The molecule has 0 N–H and O–H groups in total. The SMILES string of the molecule is C1=CCCC(n2c3cc4[n-]c5ccccc5c4cc3c3cc4c(cc32)c2c(n4-c3ccccc3)CCC=C2)=C1. The molecular weight excluding hydrogens is 474 g/mol. The number of para-hydroxylation sites is 2. The number of hydrogen-bond acceptors (Lipinski definition) is 0. The first-order chi connectivity index (χ1) is 19.3. The summed E-state index contributed by atoms with van der Waals surface area (Å²) in [5.74, 6) is 0. The molecule has 0 spiro atoms. The third-order valence-electron chi connectivity index (χ3n) is 8.67. The molecule has 3 heteroatoms. The molecule has 4 aromatic carbocycles. The minimum absolute atomic E-state index is 1.03. The van der Waals surface area contributed by atoms with Crippen molar-refractivity contribution >= 4 is 66.3 Å². The van der Waals surface area contributed by atoms with Gasteiger partial charge in [0.1, 0.15) is 0 Å². The van der Waals surface area contributed by atoms with E-state index in [0.29, 0.717) is 0 Å². The lowest BCUT2D eigenvalue weighted by atomic mass is 10.0. The molecule has 0 amide bonds. The lowest BCUT2D eigenvalue weighted by Crippen LogP contribution is -2.02. The second-order valence-electron chi connectivity index (χ2n) is 10.8. The molecule has 0 unspecified atom stereocenters. The maximum atomic E-state index is 5.02. The van der Waals surface area contributed by atoms with Gasteiger partial charge in [0.2, 0.25) is 0 Å². The molecular formula is C36H26N3-. The van der Waals surface area contributed by atoms with Crippen LogP contribution in [0.3, 0.4) is 0 Å². The third-order valence-corrected chi connectivity index (χ3v) is 8.67. The van der Waals surface area contributed by atoms with Crippen molar-refractivity contribution in [2.75, 3.05) is 0 Å². The summed E-state index contributed by atoms with van der Waals surface area (Å²) in [7, 11) is 0. The van der Waals surface area contributed by atoms with Gasteiger partial charge in [-0.15, -0.1) is 11.0 Å². The first kappa shape index (κ1) is 21.2. The molecule has 39 heavy (non-hydrogen) atoms. The summed E-state index contributed by atoms with van der Waals surface area (Å²) in [4.78, 5) is 5.02. The van der Waals surface area contributed by atoms with E-state index in [1.807, 2.05) is 0 Å². The average molecular weight is 501 g/mol. The number of allylic oxidation sites excluding steroid dienone is 5. The molecule has 3 aromatic heterocycles. The van der Waals surface area contributed by atoms with Gasteiger partial charge in [-0.3, -0.25) is 0 Å². The average Bonchev–Trinajstić information content (AvgIpc) is 3.62. The van der Waals surface area contributed by atoms with Crippen molar-refractivity contribution in [3.63, 3.8) is 0 Å². The van der Waals surface area contributed by atoms with Crippen molar-refractivity contribution in [3.05, 3.63) is 114 Å². The van der Waals surface area contributed by atoms with Gasteiger partial charge in [0.25, 0.3) is 0 Å². The fourth-order valence-electron chi connectivity index (χ4n) is 6.96. The zero-order valence-corrected chi connectivity index (χ0v) is 21.6. The number of nitrogens with zero attached hydrogens (tertiary/aromatic N) is 3. The largest absolute Gasteiger partial charge is 0.657 e. The number of benzene rings is 4. The van der Waals surface area contributed by atoms with E-state index >= 15 is 0 Å². The van der Waals surface area contributed by atoms with Crippen molar-refractivity contribution < 1.29 is 0 Å². The first-order valence-corrected chi connectivity index (χ1v) is 13.9. The van der Waals surface area contributed by atoms with Crippen LogP contribution in [0.25, 0.3) is 72.0 Å². The summed E-state index contributed by atoms with van der Waals surface area (Å²) >= 11 is 0. The highest BCUT2D eigenvalue weighted by Crippen LogP contribution is 2.42. The Balaban J connectivity index is 1.47. The van der Waals surface area contributed by atoms with Crippen LogP contribution in [0.1, 0.15) is 30.5 Å². The lowest BCUT2D eigenvalue weighted by Gasteiger charge is -2.14. The first-order valence-electron chi connectivity index (χ1n) is 13.9. The number of fused-ring (bicyclic) bond motifs is 9. The quantitative estimate of drug-likeness (QED) is 0.232. The van der Waals surface area contributed by atoms with Gasteiger partial charge in [0.15, 0.2) is 0 Å². The molecule has 2 aliphatic rings. The van der Waals surface area contributed by atoms with Gasteiger partial charge in [-0.1, -0.05) is 72.8 Å². The van der Waals surface area contributed by atoms with E-state index in [0.717, 1.165) is 36.7 Å². The second kappa shape index (κ2) is 7.87. The second-order valence-corrected chi connectivity index (χ2v) is 10.8. The molecule has 3 nitrogen and oxygen atoms in total. The van der Waals surface area contributed by atoms with E-state index in [1.165, 1.54) is 66.1 Å². The summed E-state index contributed by atoms with van der Waals surface area (Å²) in [5, 5.41) is 6.38. The van der Waals surface area contributed by atoms with E-state index in [9.17, 15) is 0 Å². The maximum absolute atomic E-state index is 5.02. The zero-order valence-electron chi connectivity index (χ0n) is 21.6. The van der Waals surface area contributed by atoms with Crippen molar-refractivity contribution in [1.82, 2.24) is 14.1 Å². The van der Waals surface area contributed by atoms with Gasteiger partial charge in [-0.2, -0.15) is 0 Å². The van der Waals surface area contributed by atoms with Gasteiger partial charge >= 0.3 is 0 Å². The number of aromatic nitrogens is 3. The lowest BCUT2D eigenvalue weighted by molar-refractivity contribution is 0.889. The molecule has 0 aliphatic heterocycles. The Labute approximate surface area is 226 Å². The summed E-state index contributed by atoms with van der Waals surface area (Å²) in [5.41, 5.74) is 11.3. The summed E-state index contributed by atoms with van der Waals surface area (Å²) in [6, 6.07) is 29.0. The van der Waals surface area contributed by atoms with Crippen LogP contribution in [-0.2, 0) is 6.42 Å². The topological polar surface area (TPSA) is 24.0 Å². The van der Waals surface area contributed by atoms with E-state index in [4.69, 9.17) is 4.98 Å². The van der Waals surface area contributed by atoms with E-state index in [-0.39, 0.29) is 0 Å². The minimum Gasteiger partial charge on any atom is -0.657 e. The zero-order chi connectivity index (χ0) is 25.5. The molecule has 0 atom stereocenters. The predicted octanol–water partition coefficient (Wildman–Crippen LogP) is 9.15. The van der Waals surface area contributed by atoms with Crippen LogP contribution in [0.15, 0.2) is 103 Å². The third kappa shape index (κ3) is 2.93. The molecule has 0 radical (unpaired) electrons. The van der Waals surface area contributed by atoms with Crippen LogP contribution in [0.2, 0.25) is 0 Å². The number of rotatable bonds is 2. The van der Waals surface area contributed by atoms with E-state index in [2.05, 4.69) is 118 Å². The Hall–Kier alpha value is -4.76. The smallest absolute Gasteiger partial charge is 0.0545 e.